The zero-order chi connectivity index (χ0) is 18.8. The van der Waals surface area contributed by atoms with Crippen LogP contribution in [0.15, 0.2) is 41.7 Å². The van der Waals surface area contributed by atoms with Crippen molar-refractivity contribution in [2.45, 2.75) is 32.6 Å². The molecule has 0 atom stereocenters. The fourth-order valence-electron chi connectivity index (χ4n) is 2.64. The van der Waals surface area contributed by atoms with Crippen LogP contribution in [0.2, 0.25) is 0 Å². The molecule has 0 aliphatic carbocycles. The summed E-state index contributed by atoms with van der Waals surface area (Å²) >= 11 is 1.68. The van der Waals surface area contributed by atoms with Gasteiger partial charge in [0.1, 0.15) is 5.82 Å². The second-order valence-electron chi connectivity index (χ2n) is 6.02. The highest BCUT2D eigenvalue weighted by Crippen LogP contribution is 2.17. The largest absolute Gasteiger partial charge is 0.357 e. The predicted molar refractivity (Wildman–Crippen MR) is 109 cm³/mol. The van der Waals surface area contributed by atoms with E-state index in [0.29, 0.717) is 6.54 Å². The average molecular weight is 375 g/mol. The van der Waals surface area contributed by atoms with Crippen molar-refractivity contribution in [1.29, 1.82) is 0 Å². The lowest BCUT2D eigenvalue weighted by molar-refractivity contribution is 0.625. The highest BCUT2D eigenvalue weighted by molar-refractivity contribution is 7.97. The Morgan fingerprint density at radius 2 is 2.04 bits per heavy atom. The quantitative estimate of drug-likeness (QED) is 0.547. The van der Waals surface area contributed by atoms with E-state index in [1.165, 1.54) is 17.2 Å². The van der Waals surface area contributed by atoms with Crippen molar-refractivity contribution in [2.75, 3.05) is 19.3 Å². The summed E-state index contributed by atoms with van der Waals surface area (Å²) < 4.78 is 13.5. The number of nitrogens with zero attached hydrogens (tertiary/aromatic N) is 2. The molecule has 0 bridgehead atoms. The van der Waals surface area contributed by atoms with E-state index in [4.69, 9.17) is 0 Å². The summed E-state index contributed by atoms with van der Waals surface area (Å²) in [5.74, 6) is 1.37. The minimum absolute atomic E-state index is 0.195. The molecule has 26 heavy (non-hydrogen) atoms. The monoisotopic (exact) mass is 374 g/mol. The summed E-state index contributed by atoms with van der Waals surface area (Å²) in [5.41, 5.74) is 4.54. The van der Waals surface area contributed by atoms with Crippen LogP contribution in [0.5, 0.6) is 0 Å². The molecule has 1 aromatic heterocycles. The number of nitrogens with one attached hydrogen (secondary N) is 2. The van der Waals surface area contributed by atoms with Crippen LogP contribution < -0.4 is 10.6 Å². The van der Waals surface area contributed by atoms with Crippen molar-refractivity contribution >= 4 is 17.7 Å². The summed E-state index contributed by atoms with van der Waals surface area (Å²) in [5, 5.41) is 6.63. The lowest BCUT2D eigenvalue weighted by Crippen LogP contribution is -2.38. The molecule has 4 nitrogen and oxygen atoms in total. The molecule has 0 unspecified atom stereocenters. The Morgan fingerprint density at radius 3 is 2.77 bits per heavy atom. The molecule has 2 rings (SSSR count). The van der Waals surface area contributed by atoms with Crippen molar-refractivity contribution in [3.63, 3.8) is 0 Å². The van der Waals surface area contributed by atoms with E-state index < -0.39 is 0 Å². The Bertz CT molecular complexity index is 734. The van der Waals surface area contributed by atoms with Crippen molar-refractivity contribution in [3.8, 4) is 0 Å². The highest BCUT2D eigenvalue weighted by atomic mass is 32.2. The SMILES string of the molecule is CCNC(=NCc1ccc(F)cc1CSC)NCCc1ccncc1C. The molecule has 1 aromatic carbocycles. The zero-order valence-corrected chi connectivity index (χ0v) is 16.5. The topological polar surface area (TPSA) is 49.3 Å². The van der Waals surface area contributed by atoms with Crippen molar-refractivity contribution in [1.82, 2.24) is 15.6 Å². The predicted octanol–water partition coefficient (Wildman–Crippen LogP) is 3.69. The molecule has 0 aliphatic heterocycles. The molecule has 0 saturated heterocycles. The van der Waals surface area contributed by atoms with E-state index in [1.54, 1.807) is 17.8 Å². The number of aromatic nitrogens is 1. The first kappa shape index (κ1) is 20.2. The van der Waals surface area contributed by atoms with Gasteiger partial charge in [0.15, 0.2) is 5.96 Å². The molecule has 0 amide bonds. The average Bonchev–Trinajstić information content (AvgIpc) is 2.63. The Morgan fingerprint density at radius 1 is 1.19 bits per heavy atom. The highest BCUT2D eigenvalue weighted by Gasteiger charge is 2.05. The van der Waals surface area contributed by atoms with Crippen LogP contribution in [-0.2, 0) is 18.7 Å². The summed E-state index contributed by atoms with van der Waals surface area (Å²) in [6.45, 7) is 6.23. The Balaban J connectivity index is 1.99. The molecule has 0 aliphatic rings. The Kier molecular flexibility index (Phi) is 8.41. The van der Waals surface area contributed by atoms with E-state index in [1.807, 2.05) is 37.7 Å². The van der Waals surface area contributed by atoms with Gasteiger partial charge in [0.25, 0.3) is 0 Å². The first-order valence-electron chi connectivity index (χ1n) is 8.82. The van der Waals surface area contributed by atoms with Gasteiger partial charge in [-0.15, -0.1) is 0 Å². The van der Waals surface area contributed by atoms with Crippen LogP contribution in [0.4, 0.5) is 4.39 Å². The second-order valence-corrected chi connectivity index (χ2v) is 6.89. The summed E-state index contributed by atoms with van der Waals surface area (Å²) in [4.78, 5) is 8.79. The van der Waals surface area contributed by atoms with Crippen LogP contribution in [-0.4, -0.2) is 30.3 Å². The molecular formula is C20H27FN4S. The molecule has 2 aromatic rings. The molecule has 140 valence electrons. The summed E-state index contributed by atoms with van der Waals surface area (Å²) in [6.07, 6.45) is 6.64. The number of guanidine groups is 1. The molecule has 1 heterocycles. The first-order valence-corrected chi connectivity index (χ1v) is 10.2. The fourth-order valence-corrected chi connectivity index (χ4v) is 3.22. The molecule has 0 fully saturated rings. The van der Waals surface area contributed by atoms with Gasteiger partial charge in [-0.3, -0.25) is 4.98 Å². The van der Waals surface area contributed by atoms with Crippen molar-refractivity contribution < 1.29 is 4.39 Å². The number of benzene rings is 1. The van der Waals surface area contributed by atoms with E-state index in [0.717, 1.165) is 42.3 Å². The van der Waals surface area contributed by atoms with E-state index in [-0.39, 0.29) is 5.82 Å². The summed E-state index contributed by atoms with van der Waals surface area (Å²) in [6, 6.07) is 6.98. The third-order valence-corrected chi connectivity index (χ3v) is 4.64. The van der Waals surface area contributed by atoms with Gasteiger partial charge >= 0.3 is 0 Å². The number of thioether (sulfide) groups is 1. The van der Waals surface area contributed by atoms with Crippen LogP contribution in [0.25, 0.3) is 0 Å². The lowest BCUT2D eigenvalue weighted by Gasteiger charge is -2.13. The molecular weight excluding hydrogens is 347 g/mol. The van der Waals surface area contributed by atoms with Gasteiger partial charge < -0.3 is 10.6 Å². The van der Waals surface area contributed by atoms with Crippen molar-refractivity contribution in [2.24, 2.45) is 4.99 Å². The molecule has 0 spiro atoms. The maximum absolute atomic E-state index is 13.5. The van der Waals surface area contributed by atoms with Gasteiger partial charge in [0, 0.05) is 31.2 Å². The Hall–Kier alpha value is -2.08. The number of rotatable bonds is 8. The number of aliphatic imine (C=N–C) groups is 1. The molecule has 0 saturated carbocycles. The number of pyridine rings is 1. The van der Waals surface area contributed by atoms with Gasteiger partial charge in [-0.1, -0.05) is 6.07 Å². The molecule has 6 heteroatoms. The number of aryl methyl sites for hydroxylation is 1. The standard InChI is InChI=1S/C20H27FN4S/c1-4-23-20(24-10-8-16-7-9-22-12-15(16)2)25-13-17-5-6-19(21)11-18(17)14-26-3/h5-7,9,11-12H,4,8,10,13-14H2,1-3H3,(H2,23,24,25). The van der Waals surface area contributed by atoms with Gasteiger partial charge in [-0.2, -0.15) is 11.8 Å². The smallest absolute Gasteiger partial charge is 0.191 e. The van der Waals surface area contributed by atoms with Crippen LogP contribution in [0.3, 0.4) is 0 Å². The maximum atomic E-state index is 13.5. The van der Waals surface area contributed by atoms with Crippen LogP contribution in [0.1, 0.15) is 29.2 Å². The fraction of sp³-hybridized carbons (Fsp3) is 0.400. The van der Waals surface area contributed by atoms with E-state index >= 15 is 0 Å². The number of hydrogen-bond acceptors (Lipinski definition) is 3. The third-order valence-electron chi connectivity index (χ3n) is 4.04. The van der Waals surface area contributed by atoms with E-state index in [2.05, 4.69) is 27.5 Å². The van der Waals surface area contributed by atoms with E-state index in [9.17, 15) is 4.39 Å². The summed E-state index contributed by atoms with van der Waals surface area (Å²) in [7, 11) is 0. The normalized spacial score (nSPS) is 11.5. The van der Waals surface area contributed by atoms with Gasteiger partial charge in [0.2, 0.25) is 0 Å². The third kappa shape index (κ3) is 6.33. The molecule has 0 radical (unpaired) electrons. The lowest BCUT2D eigenvalue weighted by atomic mass is 10.1. The van der Waals surface area contributed by atoms with Crippen molar-refractivity contribution in [3.05, 3.63) is 64.7 Å². The minimum atomic E-state index is -0.195. The van der Waals surface area contributed by atoms with Crippen LogP contribution in [0, 0.1) is 12.7 Å². The maximum Gasteiger partial charge on any atom is 0.191 e. The van der Waals surface area contributed by atoms with Gasteiger partial charge in [-0.05, 0) is 67.0 Å². The second kappa shape index (κ2) is 10.8. The first-order chi connectivity index (χ1) is 12.6. The molecule has 2 N–H and O–H groups in total. The minimum Gasteiger partial charge on any atom is -0.357 e. The zero-order valence-electron chi connectivity index (χ0n) is 15.7. The number of halogens is 1. The van der Waals surface area contributed by atoms with Crippen LogP contribution >= 0.6 is 11.8 Å². The van der Waals surface area contributed by atoms with Gasteiger partial charge in [0.05, 0.1) is 6.54 Å². The number of hydrogen-bond donors (Lipinski definition) is 2. The Labute approximate surface area is 159 Å². The van der Waals surface area contributed by atoms with Gasteiger partial charge in [-0.25, -0.2) is 9.38 Å².